The molecule has 3 amide bonds. The Labute approximate surface area is 123 Å². The number of hydrogen-bond acceptors (Lipinski definition) is 5. The number of rotatable bonds is 4. The van der Waals surface area contributed by atoms with Crippen LogP contribution in [0.25, 0.3) is 0 Å². The van der Waals surface area contributed by atoms with Crippen LogP contribution in [0.15, 0.2) is 0 Å². The molecule has 0 spiro atoms. The first-order chi connectivity index (χ1) is 10.1. The van der Waals surface area contributed by atoms with E-state index in [4.69, 9.17) is 5.26 Å². The van der Waals surface area contributed by atoms with Gasteiger partial charge in [-0.2, -0.15) is 5.26 Å². The first kappa shape index (κ1) is 15.3. The van der Waals surface area contributed by atoms with Crippen molar-refractivity contribution in [3.63, 3.8) is 0 Å². The summed E-state index contributed by atoms with van der Waals surface area (Å²) in [6, 6.07) is 1.76. The minimum absolute atomic E-state index is 0.0179. The molecular weight excluding hydrogens is 274 g/mol. The molecule has 0 aliphatic carbocycles. The summed E-state index contributed by atoms with van der Waals surface area (Å²) in [4.78, 5) is 38.0. The Kier molecular flexibility index (Phi) is 5.11. The number of nitriles is 1. The molecule has 2 rings (SSSR count). The SMILES string of the molecule is N#C[C@@H]1CCCN1C(=O)CNCC(=O)N1CCNC(=O)C1. The number of amides is 3. The van der Waals surface area contributed by atoms with Gasteiger partial charge in [0.1, 0.15) is 6.04 Å². The summed E-state index contributed by atoms with van der Waals surface area (Å²) in [7, 11) is 0. The monoisotopic (exact) mass is 293 g/mol. The van der Waals surface area contributed by atoms with Gasteiger partial charge >= 0.3 is 0 Å². The summed E-state index contributed by atoms with van der Waals surface area (Å²) in [5, 5.41) is 14.4. The van der Waals surface area contributed by atoms with Gasteiger partial charge in [0.05, 0.1) is 25.7 Å². The normalized spacial score (nSPS) is 21.9. The van der Waals surface area contributed by atoms with Crippen LogP contribution in [-0.4, -0.2) is 72.8 Å². The van der Waals surface area contributed by atoms with Gasteiger partial charge in [-0.05, 0) is 12.8 Å². The second-order valence-corrected chi connectivity index (χ2v) is 5.14. The fourth-order valence-electron chi connectivity index (χ4n) is 2.54. The summed E-state index contributed by atoms with van der Waals surface area (Å²) >= 11 is 0. The van der Waals surface area contributed by atoms with Gasteiger partial charge in [0.2, 0.25) is 17.7 Å². The van der Waals surface area contributed by atoms with Crippen LogP contribution in [-0.2, 0) is 14.4 Å². The van der Waals surface area contributed by atoms with Crippen molar-refractivity contribution in [2.75, 3.05) is 39.3 Å². The maximum Gasteiger partial charge on any atom is 0.239 e. The van der Waals surface area contributed by atoms with E-state index in [0.717, 1.165) is 6.42 Å². The van der Waals surface area contributed by atoms with Crippen molar-refractivity contribution in [1.82, 2.24) is 20.4 Å². The van der Waals surface area contributed by atoms with Crippen LogP contribution < -0.4 is 10.6 Å². The summed E-state index contributed by atoms with van der Waals surface area (Å²) in [6.07, 6.45) is 1.55. The van der Waals surface area contributed by atoms with Crippen molar-refractivity contribution in [2.24, 2.45) is 0 Å². The number of nitrogens with zero attached hydrogens (tertiary/aromatic N) is 3. The first-order valence-corrected chi connectivity index (χ1v) is 7.06. The lowest BCUT2D eigenvalue weighted by Gasteiger charge is -2.27. The summed E-state index contributed by atoms with van der Waals surface area (Å²) in [5.74, 6) is -0.529. The van der Waals surface area contributed by atoms with Crippen LogP contribution in [0.1, 0.15) is 12.8 Å². The third-order valence-electron chi connectivity index (χ3n) is 3.67. The Hall–Kier alpha value is -2.14. The van der Waals surface area contributed by atoms with E-state index in [1.807, 2.05) is 0 Å². The third kappa shape index (κ3) is 3.92. The van der Waals surface area contributed by atoms with Crippen LogP contribution in [0.3, 0.4) is 0 Å². The summed E-state index contributed by atoms with van der Waals surface area (Å²) in [5.41, 5.74) is 0. The molecule has 0 radical (unpaired) electrons. The molecule has 2 aliphatic rings. The highest BCUT2D eigenvalue weighted by Crippen LogP contribution is 2.15. The minimum atomic E-state index is -0.346. The molecule has 2 saturated heterocycles. The van der Waals surface area contributed by atoms with Crippen molar-refractivity contribution < 1.29 is 14.4 Å². The first-order valence-electron chi connectivity index (χ1n) is 7.06. The van der Waals surface area contributed by atoms with E-state index in [1.165, 1.54) is 4.90 Å². The largest absolute Gasteiger partial charge is 0.353 e. The Balaban J connectivity index is 1.71. The summed E-state index contributed by atoms with van der Waals surface area (Å²) < 4.78 is 0. The van der Waals surface area contributed by atoms with Crippen molar-refractivity contribution >= 4 is 17.7 Å². The highest BCUT2D eigenvalue weighted by Gasteiger charge is 2.28. The third-order valence-corrected chi connectivity index (χ3v) is 3.67. The molecule has 0 bridgehead atoms. The average Bonchev–Trinajstić information content (AvgIpc) is 2.95. The van der Waals surface area contributed by atoms with Crippen LogP contribution in [0.5, 0.6) is 0 Å². The highest BCUT2D eigenvalue weighted by molar-refractivity contribution is 5.87. The zero-order valence-corrected chi connectivity index (χ0v) is 11.8. The number of carbonyl (C=O) groups is 3. The maximum absolute atomic E-state index is 11.9. The van der Waals surface area contributed by atoms with Crippen LogP contribution in [0, 0.1) is 11.3 Å². The number of piperazine rings is 1. The van der Waals surface area contributed by atoms with E-state index in [9.17, 15) is 14.4 Å². The Morgan fingerprint density at radius 3 is 2.81 bits per heavy atom. The van der Waals surface area contributed by atoms with Gasteiger partial charge in [-0.25, -0.2) is 0 Å². The fourth-order valence-corrected chi connectivity index (χ4v) is 2.54. The number of carbonyl (C=O) groups excluding carboxylic acids is 3. The Morgan fingerprint density at radius 1 is 1.33 bits per heavy atom. The number of hydrogen-bond donors (Lipinski definition) is 2. The number of nitrogens with one attached hydrogen (secondary N) is 2. The molecule has 0 unspecified atom stereocenters. The molecule has 2 N–H and O–H groups in total. The summed E-state index contributed by atoms with van der Waals surface area (Å²) in [6.45, 7) is 1.66. The average molecular weight is 293 g/mol. The van der Waals surface area contributed by atoms with E-state index in [0.29, 0.717) is 26.1 Å². The van der Waals surface area contributed by atoms with Crippen molar-refractivity contribution in [3.05, 3.63) is 0 Å². The molecule has 1 atom stereocenters. The smallest absolute Gasteiger partial charge is 0.239 e. The molecule has 0 aromatic rings. The molecule has 2 aliphatic heterocycles. The minimum Gasteiger partial charge on any atom is -0.353 e. The van der Waals surface area contributed by atoms with Gasteiger partial charge < -0.3 is 15.1 Å². The zero-order valence-electron chi connectivity index (χ0n) is 11.8. The van der Waals surface area contributed by atoms with Crippen molar-refractivity contribution in [2.45, 2.75) is 18.9 Å². The second kappa shape index (κ2) is 7.04. The van der Waals surface area contributed by atoms with Gasteiger partial charge in [0, 0.05) is 19.6 Å². The van der Waals surface area contributed by atoms with Gasteiger partial charge in [-0.15, -0.1) is 0 Å². The lowest BCUT2D eigenvalue weighted by molar-refractivity contribution is -0.137. The Morgan fingerprint density at radius 2 is 2.10 bits per heavy atom. The van der Waals surface area contributed by atoms with E-state index in [2.05, 4.69) is 16.7 Å². The fraction of sp³-hybridized carbons (Fsp3) is 0.692. The predicted octanol–water partition coefficient (Wildman–Crippen LogP) is -1.95. The van der Waals surface area contributed by atoms with E-state index in [-0.39, 0.29) is 43.4 Å². The zero-order chi connectivity index (χ0) is 15.2. The van der Waals surface area contributed by atoms with Gasteiger partial charge in [-0.3, -0.25) is 19.7 Å². The molecular formula is C13H19N5O3. The second-order valence-electron chi connectivity index (χ2n) is 5.14. The Bertz CT molecular complexity index is 473. The van der Waals surface area contributed by atoms with E-state index >= 15 is 0 Å². The van der Waals surface area contributed by atoms with Crippen molar-refractivity contribution in [1.29, 1.82) is 5.26 Å². The maximum atomic E-state index is 11.9. The molecule has 2 fully saturated rings. The topological polar surface area (TPSA) is 106 Å². The van der Waals surface area contributed by atoms with Crippen LogP contribution in [0.2, 0.25) is 0 Å². The lowest BCUT2D eigenvalue weighted by atomic mass is 10.2. The molecule has 8 nitrogen and oxygen atoms in total. The van der Waals surface area contributed by atoms with E-state index in [1.54, 1.807) is 4.90 Å². The number of likely N-dealkylation sites (tertiary alicyclic amines) is 1. The lowest BCUT2D eigenvalue weighted by Crippen LogP contribution is -2.52. The molecule has 0 aromatic carbocycles. The van der Waals surface area contributed by atoms with E-state index < -0.39 is 0 Å². The molecule has 2 heterocycles. The molecule has 8 heteroatoms. The van der Waals surface area contributed by atoms with Crippen LogP contribution in [0.4, 0.5) is 0 Å². The van der Waals surface area contributed by atoms with Gasteiger partial charge in [0.25, 0.3) is 0 Å². The highest BCUT2D eigenvalue weighted by atomic mass is 16.2. The molecule has 21 heavy (non-hydrogen) atoms. The quantitative estimate of drug-likeness (QED) is 0.626. The standard InChI is InChI=1S/C13H19N5O3/c14-6-10-2-1-4-18(10)13(21)8-15-7-12(20)17-5-3-16-11(19)9-17/h10,15H,1-5,7-9H2,(H,16,19)/t10-/m0/s1. The molecule has 0 saturated carbocycles. The molecule has 0 aromatic heterocycles. The molecule has 114 valence electrons. The van der Waals surface area contributed by atoms with Crippen molar-refractivity contribution in [3.8, 4) is 6.07 Å². The predicted molar refractivity (Wildman–Crippen MR) is 72.8 cm³/mol. The van der Waals surface area contributed by atoms with Gasteiger partial charge in [0.15, 0.2) is 0 Å². The van der Waals surface area contributed by atoms with Crippen LogP contribution >= 0.6 is 0 Å². The van der Waals surface area contributed by atoms with Gasteiger partial charge in [-0.1, -0.05) is 0 Å².